The van der Waals surface area contributed by atoms with Gasteiger partial charge < -0.3 is 11.1 Å². The third kappa shape index (κ3) is 7.07. The fourth-order valence-electron chi connectivity index (χ4n) is 1.92. The minimum absolute atomic E-state index is 0. The van der Waals surface area contributed by atoms with E-state index < -0.39 is 0 Å². The van der Waals surface area contributed by atoms with E-state index in [-0.39, 0.29) is 29.5 Å². The summed E-state index contributed by atoms with van der Waals surface area (Å²) < 4.78 is 0. The summed E-state index contributed by atoms with van der Waals surface area (Å²) in [4.78, 5) is 8.64. The van der Waals surface area contributed by atoms with Crippen molar-refractivity contribution >= 4 is 29.9 Å². The molecule has 4 nitrogen and oxygen atoms in total. The fourth-order valence-corrected chi connectivity index (χ4v) is 1.92. The summed E-state index contributed by atoms with van der Waals surface area (Å²) in [6.07, 6.45) is 3.70. The van der Waals surface area contributed by atoms with Crippen LogP contribution in [0.5, 0.6) is 0 Å². The lowest BCUT2D eigenvalue weighted by molar-refractivity contribution is 0.493. The summed E-state index contributed by atoms with van der Waals surface area (Å²) in [7, 11) is 0. The van der Waals surface area contributed by atoms with Crippen molar-refractivity contribution < 1.29 is 0 Å². The van der Waals surface area contributed by atoms with Gasteiger partial charge in [-0.2, -0.15) is 0 Å². The Morgan fingerprint density at radius 1 is 1.40 bits per heavy atom. The number of rotatable bonds is 4. The molecule has 0 saturated carbocycles. The molecule has 0 amide bonds. The lowest BCUT2D eigenvalue weighted by atomic mass is 9.89. The molecular formula is C15H27IN4. The summed E-state index contributed by atoms with van der Waals surface area (Å²) >= 11 is 0. The first kappa shape index (κ1) is 19.1. The highest BCUT2D eigenvalue weighted by atomic mass is 127. The first-order valence-electron chi connectivity index (χ1n) is 6.77. The van der Waals surface area contributed by atoms with Crippen molar-refractivity contribution in [3.05, 3.63) is 30.1 Å². The van der Waals surface area contributed by atoms with Crippen LogP contribution < -0.4 is 11.1 Å². The van der Waals surface area contributed by atoms with Crippen LogP contribution in [0.2, 0.25) is 0 Å². The minimum Gasteiger partial charge on any atom is -0.370 e. The zero-order chi connectivity index (χ0) is 14.5. The molecule has 20 heavy (non-hydrogen) atoms. The number of pyridine rings is 1. The van der Waals surface area contributed by atoms with E-state index >= 15 is 0 Å². The Balaban J connectivity index is 0.00000361. The number of hydrogen-bond donors (Lipinski definition) is 2. The second-order valence-corrected chi connectivity index (χ2v) is 6.24. The van der Waals surface area contributed by atoms with E-state index in [9.17, 15) is 0 Å². The molecule has 1 aromatic heterocycles. The van der Waals surface area contributed by atoms with E-state index in [0.717, 1.165) is 0 Å². The Kier molecular flexibility index (Phi) is 8.08. The van der Waals surface area contributed by atoms with Crippen molar-refractivity contribution in [1.29, 1.82) is 0 Å². The molecule has 0 fully saturated rings. The van der Waals surface area contributed by atoms with E-state index in [0.29, 0.717) is 24.3 Å². The van der Waals surface area contributed by atoms with Crippen LogP contribution in [0.25, 0.3) is 0 Å². The van der Waals surface area contributed by atoms with Crippen molar-refractivity contribution in [1.82, 2.24) is 10.3 Å². The standard InChI is InChI=1S/C15H26N4.HI/c1-11(2)13(12-7-6-8-17-9-12)10-18-14(16)19-15(3,4)5;/h6-9,11,13H,10H2,1-5H3,(H3,16,18,19);1H. The van der Waals surface area contributed by atoms with Gasteiger partial charge in [0.25, 0.3) is 0 Å². The number of aromatic nitrogens is 1. The predicted octanol–water partition coefficient (Wildman–Crippen LogP) is 3.14. The molecule has 1 atom stereocenters. The number of hydrogen-bond acceptors (Lipinski definition) is 2. The summed E-state index contributed by atoms with van der Waals surface area (Å²) in [6.45, 7) is 11.3. The zero-order valence-electron chi connectivity index (χ0n) is 13.1. The number of halogens is 1. The van der Waals surface area contributed by atoms with E-state index in [2.05, 4.69) is 56.0 Å². The third-order valence-electron chi connectivity index (χ3n) is 2.88. The second-order valence-electron chi connectivity index (χ2n) is 6.24. The molecule has 0 spiro atoms. The Bertz CT molecular complexity index is 410. The average Bonchev–Trinajstić information content (AvgIpc) is 2.27. The highest BCUT2D eigenvalue weighted by Gasteiger charge is 2.16. The molecule has 1 heterocycles. The van der Waals surface area contributed by atoms with E-state index in [1.807, 2.05) is 12.3 Å². The fraction of sp³-hybridized carbons (Fsp3) is 0.600. The first-order valence-corrected chi connectivity index (χ1v) is 6.77. The highest BCUT2D eigenvalue weighted by molar-refractivity contribution is 14.0. The molecule has 3 N–H and O–H groups in total. The largest absolute Gasteiger partial charge is 0.370 e. The maximum Gasteiger partial charge on any atom is 0.189 e. The van der Waals surface area contributed by atoms with Crippen LogP contribution in [0.4, 0.5) is 0 Å². The molecule has 0 aliphatic heterocycles. The van der Waals surface area contributed by atoms with Gasteiger partial charge in [-0.1, -0.05) is 19.9 Å². The molecule has 0 aromatic carbocycles. The quantitative estimate of drug-likeness (QED) is 0.472. The lowest BCUT2D eigenvalue weighted by Crippen LogP contribution is -2.45. The second kappa shape index (κ2) is 8.44. The Labute approximate surface area is 139 Å². The maximum absolute atomic E-state index is 5.91. The third-order valence-corrected chi connectivity index (χ3v) is 2.88. The van der Waals surface area contributed by atoms with E-state index in [1.54, 1.807) is 6.20 Å². The van der Waals surface area contributed by atoms with Crippen molar-refractivity contribution in [2.75, 3.05) is 6.54 Å². The van der Waals surface area contributed by atoms with Crippen molar-refractivity contribution in [3.8, 4) is 0 Å². The molecule has 1 aromatic rings. The van der Waals surface area contributed by atoms with Gasteiger partial charge >= 0.3 is 0 Å². The zero-order valence-corrected chi connectivity index (χ0v) is 15.4. The van der Waals surface area contributed by atoms with Crippen LogP contribution in [0, 0.1) is 5.92 Å². The van der Waals surface area contributed by atoms with Crippen molar-refractivity contribution in [3.63, 3.8) is 0 Å². The van der Waals surface area contributed by atoms with Crippen molar-refractivity contribution in [2.45, 2.75) is 46.1 Å². The number of guanidine groups is 1. The molecule has 0 saturated heterocycles. The monoisotopic (exact) mass is 390 g/mol. The number of nitrogens with two attached hydrogens (primary N) is 1. The average molecular weight is 390 g/mol. The number of aliphatic imine (C=N–C) groups is 1. The van der Waals surface area contributed by atoms with Crippen LogP contribution in [-0.4, -0.2) is 23.0 Å². The van der Waals surface area contributed by atoms with Gasteiger partial charge in [0.05, 0.1) is 0 Å². The van der Waals surface area contributed by atoms with Crippen molar-refractivity contribution in [2.24, 2.45) is 16.6 Å². The summed E-state index contributed by atoms with van der Waals surface area (Å²) in [6, 6.07) is 4.06. The molecule has 0 radical (unpaired) electrons. The maximum atomic E-state index is 5.91. The topological polar surface area (TPSA) is 63.3 Å². The van der Waals surface area contributed by atoms with Gasteiger partial charge in [0.15, 0.2) is 5.96 Å². The van der Waals surface area contributed by atoms with Crippen LogP contribution in [0.1, 0.15) is 46.1 Å². The van der Waals surface area contributed by atoms with Crippen LogP contribution >= 0.6 is 24.0 Å². The van der Waals surface area contributed by atoms with Crippen LogP contribution in [0.3, 0.4) is 0 Å². The number of nitrogens with one attached hydrogen (secondary N) is 1. The van der Waals surface area contributed by atoms with Gasteiger partial charge in [-0.15, -0.1) is 24.0 Å². The van der Waals surface area contributed by atoms with Gasteiger partial charge in [-0.05, 0) is 38.3 Å². The normalized spacial score (nSPS) is 13.8. The molecular weight excluding hydrogens is 363 g/mol. The van der Waals surface area contributed by atoms with Crippen LogP contribution in [0.15, 0.2) is 29.5 Å². The smallest absolute Gasteiger partial charge is 0.189 e. The SMILES string of the molecule is CC(C)C(CN=C(N)NC(C)(C)C)c1cccnc1.I. The molecule has 0 bridgehead atoms. The highest BCUT2D eigenvalue weighted by Crippen LogP contribution is 2.23. The molecule has 1 rings (SSSR count). The molecule has 1 unspecified atom stereocenters. The molecule has 5 heteroatoms. The first-order chi connectivity index (χ1) is 8.79. The van der Waals surface area contributed by atoms with E-state index in [1.165, 1.54) is 5.56 Å². The summed E-state index contributed by atoms with van der Waals surface area (Å²) in [5.74, 6) is 1.34. The summed E-state index contributed by atoms with van der Waals surface area (Å²) in [5.41, 5.74) is 7.06. The Morgan fingerprint density at radius 2 is 2.05 bits per heavy atom. The van der Waals surface area contributed by atoms with Crippen LogP contribution in [-0.2, 0) is 0 Å². The molecule has 0 aliphatic rings. The van der Waals surface area contributed by atoms with Gasteiger partial charge in [0.1, 0.15) is 0 Å². The Morgan fingerprint density at radius 3 is 2.50 bits per heavy atom. The van der Waals surface area contributed by atoms with Gasteiger partial charge in [0.2, 0.25) is 0 Å². The molecule has 114 valence electrons. The number of nitrogens with zero attached hydrogens (tertiary/aromatic N) is 2. The Hall–Kier alpha value is -0.850. The van der Waals surface area contributed by atoms with E-state index in [4.69, 9.17) is 5.73 Å². The molecule has 0 aliphatic carbocycles. The minimum atomic E-state index is -0.0603. The van der Waals surface area contributed by atoms with Gasteiger partial charge in [-0.3, -0.25) is 9.98 Å². The lowest BCUT2D eigenvalue weighted by Gasteiger charge is -2.23. The van der Waals surface area contributed by atoms with Gasteiger partial charge in [0, 0.05) is 30.4 Å². The van der Waals surface area contributed by atoms with Gasteiger partial charge in [-0.25, -0.2) is 0 Å². The predicted molar refractivity (Wildman–Crippen MR) is 96.6 cm³/mol. The summed E-state index contributed by atoms with van der Waals surface area (Å²) in [5, 5.41) is 3.18.